The number of ether oxygens (including phenoxy) is 2. The number of likely N-dealkylation sites (tertiary alicyclic amines) is 1. The maximum absolute atomic E-state index is 13.4. The highest BCUT2D eigenvalue weighted by molar-refractivity contribution is 7.99. The zero-order valence-electron chi connectivity index (χ0n) is 21.7. The maximum atomic E-state index is 13.4. The second kappa shape index (κ2) is 14.1. The third kappa shape index (κ3) is 8.89. The number of thioether (sulfide) groups is 1. The summed E-state index contributed by atoms with van der Waals surface area (Å²) < 4.78 is 27.8. The van der Waals surface area contributed by atoms with Gasteiger partial charge in [0.05, 0.1) is 27.9 Å². The van der Waals surface area contributed by atoms with Crippen molar-refractivity contribution in [2.75, 3.05) is 37.3 Å². The summed E-state index contributed by atoms with van der Waals surface area (Å²) in [6.45, 7) is 3.50. The van der Waals surface area contributed by atoms with Crippen LogP contribution in [-0.2, 0) is 14.3 Å². The second-order valence-corrected chi connectivity index (χ2v) is 13.1. The number of benzene rings is 2. The van der Waals surface area contributed by atoms with E-state index in [4.69, 9.17) is 32.7 Å². The Morgan fingerprint density at radius 3 is 2.49 bits per heavy atom. The van der Waals surface area contributed by atoms with E-state index in [0.717, 1.165) is 60.9 Å². The fraction of sp³-hybridized carbons (Fsp3) is 0.536. The Labute approximate surface area is 248 Å². The number of hydrogen-bond donors (Lipinski definition) is 2. The molecule has 3 fully saturated rings. The largest absolute Gasteiger partial charge is 0.379 e. The quantitative estimate of drug-likeness (QED) is 0.194. The molecule has 5 rings (SSSR count). The van der Waals surface area contributed by atoms with Gasteiger partial charge in [-0.1, -0.05) is 23.2 Å². The predicted molar refractivity (Wildman–Crippen MR) is 158 cm³/mol. The molecule has 2 aliphatic heterocycles. The van der Waals surface area contributed by atoms with Gasteiger partial charge in [-0.15, -0.1) is 11.8 Å². The van der Waals surface area contributed by atoms with Crippen LogP contribution in [-0.4, -0.2) is 67.2 Å². The third-order valence-corrected chi connectivity index (χ3v) is 9.54. The van der Waals surface area contributed by atoms with Crippen molar-refractivity contribution in [3.63, 3.8) is 0 Å². The Morgan fingerprint density at radius 2 is 1.82 bits per heavy atom. The SMILES string of the molecule is O=C(NSc1cc(Cl)c(NC(CCN2CC(OC3CC3)C2)CSc2ccc(F)cc2)c(Cl)c1)C1CCCCO1. The minimum atomic E-state index is -0.403. The molecule has 2 unspecified atom stereocenters. The van der Waals surface area contributed by atoms with E-state index >= 15 is 0 Å². The van der Waals surface area contributed by atoms with Crippen LogP contribution in [0.3, 0.4) is 0 Å². The van der Waals surface area contributed by atoms with Gasteiger partial charge in [0.15, 0.2) is 0 Å². The van der Waals surface area contributed by atoms with Crippen LogP contribution in [0.5, 0.6) is 0 Å². The van der Waals surface area contributed by atoms with Gasteiger partial charge in [0.2, 0.25) is 0 Å². The normalized spacial score (nSPS) is 20.8. The molecule has 6 nitrogen and oxygen atoms in total. The zero-order valence-corrected chi connectivity index (χ0v) is 24.8. The van der Waals surface area contributed by atoms with E-state index in [1.54, 1.807) is 23.9 Å². The molecule has 1 saturated carbocycles. The van der Waals surface area contributed by atoms with Gasteiger partial charge in [-0.05, 0) is 86.9 Å². The summed E-state index contributed by atoms with van der Waals surface area (Å²) in [6.07, 6.45) is 6.45. The van der Waals surface area contributed by atoms with Crippen molar-refractivity contribution in [2.24, 2.45) is 0 Å². The monoisotopic (exact) mass is 613 g/mol. The first-order valence-electron chi connectivity index (χ1n) is 13.5. The standard InChI is InChI=1S/C28H34Cl2FN3O3S2/c29-24-13-23(39-33-28(35)26-3-1-2-12-36-26)14-25(30)27(24)32-19(17-38-22-8-4-18(31)5-9-22)10-11-34-15-21(16-34)37-20-6-7-20/h4-5,8-9,13-14,19-21,26,32H,1-3,6-7,10-12,15-17H2,(H,33,35). The highest BCUT2D eigenvalue weighted by atomic mass is 35.5. The number of carbonyl (C=O) groups is 1. The fourth-order valence-electron chi connectivity index (χ4n) is 4.60. The van der Waals surface area contributed by atoms with Crippen LogP contribution >= 0.6 is 46.9 Å². The average molecular weight is 615 g/mol. The molecular formula is C28H34Cl2FN3O3S2. The van der Waals surface area contributed by atoms with Gasteiger partial charge < -0.3 is 14.8 Å². The Balaban J connectivity index is 1.17. The van der Waals surface area contributed by atoms with Crippen molar-refractivity contribution < 1.29 is 18.7 Å². The van der Waals surface area contributed by atoms with Gasteiger partial charge >= 0.3 is 0 Å². The molecule has 2 heterocycles. The lowest BCUT2D eigenvalue weighted by molar-refractivity contribution is -0.133. The first kappa shape index (κ1) is 29.3. The molecule has 2 aromatic carbocycles. The van der Waals surface area contributed by atoms with E-state index in [0.29, 0.717) is 34.5 Å². The molecule has 0 spiro atoms. The number of hydrogen-bond acceptors (Lipinski definition) is 7. The number of nitrogens with zero attached hydrogens (tertiary/aromatic N) is 1. The van der Waals surface area contributed by atoms with Crippen molar-refractivity contribution in [1.29, 1.82) is 0 Å². The fourth-order valence-corrected chi connectivity index (χ4v) is 7.01. The van der Waals surface area contributed by atoms with E-state index in [1.807, 2.05) is 12.1 Å². The number of nitrogens with one attached hydrogen (secondary N) is 2. The van der Waals surface area contributed by atoms with Gasteiger partial charge in [-0.25, -0.2) is 4.39 Å². The molecule has 212 valence electrons. The first-order valence-corrected chi connectivity index (χ1v) is 16.1. The molecule has 1 aliphatic carbocycles. The zero-order chi connectivity index (χ0) is 27.2. The summed E-state index contributed by atoms with van der Waals surface area (Å²) in [5.74, 6) is 0.388. The summed E-state index contributed by atoms with van der Waals surface area (Å²) in [5, 5.41) is 4.55. The number of halogens is 3. The van der Waals surface area contributed by atoms with E-state index in [2.05, 4.69) is 14.9 Å². The molecule has 2 aromatic rings. The number of amides is 1. The van der Waals surface area contributed by atoms with E-state index in [1.165, 1.54) is 36.9 Å². The van der Waals surface area contributed by atoms with Crippen LogP contribution in [0.25, 0.3) is 0 Å². The van der Waals surface area contributed by atoms with Gasteiger partial charge in [-0.3, -0.25) is 14.4 Å². The molecule has 39 heavy (non-hydrogen) atoms. The van der Waals surface area contributed by atoms with Crippen molar-refractivity contribution in [3.8, 4) is 0 Å². The predicted octanol–water partition coefficient (Wildman–Crippen LogP) is 6.65. The summed E-state index contributed by atoms with van der Waals surface area (Å²) in [6, 6.07) is 10.3. The van der Waals surface area contributed by atoms with Crippen LogP contribution in [0, 0.1) is 5.82 Å². The second-order valence-electron chi connectivity index (χ2n) is 10.3. The molecule has 0 aromatic heterocycles. The van der Waals surface area contributed by atoms with Crippen LogP contribution in [0.1, 0.15) is 38.5 Å². The minimum absolute atomic E-state index is 0.0834. The van der Waals surface area contributed by atoms with Crippen LogP contribution in [0.4, 0.5) is 10.1 Å². The number of carbonyl (C=O) groups excluding carboxylic acids is 1. The van der Waals surface area contributed by atoms with Gasteiger partial charge in [0.1, 0.15) is 11.9 Å². The van der Waals surface area contributed by atoms with Gasteiger partial charge in [0.25, 0.3) is 5.91 Å². The molecule has 2 N–H and O–H groups in total. The van der Waals surface area contributed by atoms with Crippen molar-refractivity contribution >= 4 is 58.5 Å². The van der Waals surface area contributed by atoms with Crippen molar-refractivity contribution in [1.82, 2.24) is 9.62 Å². The van der Waals surface area contributed by atoms with E-state index in [9.17, 15) is 9.18 Å². The number of rotatable bonds is 13. The number of anilines is 1. The Bertz CT molecular complexity index is 1090. The van der Waals surface area contributed by atoms with Crippen molar-refractivity contribution in [2.45, 2.75) is 72.7 Å². The molecule has 3 aliphatic rings. The highest BCUT2D eigenvalue weighted by Gasteiger charge is 2.33. The van der Waals surface area contributed by atoms with E-state index < -0.39 is 6.10 Å². The maximum Gasteiger partial charge on any atom is 0.259 e. The lowest BCUT2D eigenvalue weighted by atomic mass is 10.1. The van der Waals surface area contributed by atoms with Gasteiger partial charge in [-0.2, -0.15) is 0 Å². The molecule has 2 atom stereocenters. The molecular weight excluding hydrogens is 580 g/mol. The summed E-state index contributed by atoms with van der Waals surface area (Å²) in [7, 11) is 0. The summed E-state index contributed by atoms with van der Waals surface area (Å²) in [5.41, 5.74) is 0.674. The van der Waals surface area contributed by atoms with Crippen LogP contribution in [0.15, 0.2) is 46.2 Å². The van der Waals surface area contributed by atoms with Crippen molar-refractivity contribution in [3.05, 3.63) is 52.3 Å². The highest BCUT2D eigenvalue weighted by Crippen LogP contribution is 2.36. The smallest absolute Gasteiger partial charge is 0.259 e. The minimum Gasteiger partial charge on any atom is -0.379 e. The van der Waals surface area contributed by atoms with Crippen LogP contribution < -0.4 is 10.0 Å². The topological polar surface area (TPSA) is 62.8 Å². The summed E-state index contributed by atoms with van der Waals surface area (Å²) in [4.78, 5) is 16.6. The lowest BCUT2D eigenvalue weighted by Gasteiger charge is -2.39. The molecule has 11 heteroatoms. The van der Waals surface area contributed by atoms with Crippen LogP contribution in [0.2, 0.25) is 10.0 Å². The third-order valence-electron chi connectivity index (χ3n) is 7.00. The summed E-state index contributed by atoms with van der Waals surface area (Å²) >= 11 is 16.2. The van der Waals surface area contributed by atoms with Gasteiger partial charge in [0, 0.05) is 47.8 Å². The molecule has 1 amide bonds. The molecule has 0 radical (unpaired) electrons. The molecule has 2 saturated heterocycles. The first-order chi connectivity index (χ1) is 18.9. The van der Waals surface area contributed by atoms with E-state index in [-0.39, 0.29) is 17.8 Å². The molecule has 0 bridgehead atoms. The lowest BCUT2D eigenvalue weighted by Crippen LogP contribution is -2.53. The Hall–Kier alpha value is -1.20. The Morgan fingerprint density at radius 1 is 1.08 bits per heavy atom. The Kier molecular flexibility index (Phi) is 10.6. The average Bonchev–Trinajstić information content (AvgIpc) is 3.74.